The summed E-state index contributed by atoms with van der Waals surface area (Å²) < 4.78 is 11.0. The third-order valence-corrected chi connectivity index (χ3v) is 4.44. The van der Waals surface area contributed by atoms with Crippen LogP contribution in [-0.2, 0) is 0 Å². The predicted octanol–water partition coefficient (Wildman–Crippen LogP) is 5.39. The summed E-state index contributed by atoms with van der Waals surface area (Å²) in [7, 11) is 0. The molecular formula is C21H24ClNO5. The summed E-state index contributed by atoms with van der Waals surface area (Å²) in [5, 5.41) is 9.18. The fourth-order valence-electron chi connectivity index (χ4n) is 2.58. The molecule has 2 aromatic rings. The molecule has 0 saturated carbocycles. The molecule has 1 aromatic carbocycles. The van der Waals surface area contributed by atoms with E-state index in [4.69, 9.17) is 26.2 Å². The zero-order valence-corrected chi connectivity index (χ0v) is 16.7. The van der Waals surface area contributed by atoms with Gasteiger partial charge in [-0.2, -0.15) is 0 Å². The lowest BCUT2D eigenvalue weighted by Crippen LogP contribution is -2.13. The lowest BCUT2D eigenvalue weighted by Gasteiger charge is -2.16. The van der Waals surface area contributed by atoms with Gasteiger partial charge in [0.1, 0.15) is 5.75 Å². The molecule has 0 bridgehead atoms. The molecule has 150 valence electrons. The first-order valence-electron chi connectivity index (χ1n) is 9.28. The molecule has 0 aliphatic carbocycles. The molecule has 0 radical (unpaired) electrons. The number of carboxylic acid groups (broad SMARTS) is 1. The Balaban J connectivity index is 1.94. The number of hydrogen-bond donors (Lipinski definition) is 1. The van der Waals surface area contributed by atoms with Crippen LogP contribution in [0.5, 0.6) is 11.6 Å². The second-order valence-corrected chi connectivity index (χ2v) is 6.91. The van der Waals surface area contributed by atoms with E-state index in [-0.39, 0.29) is 23.1 Å². The minimum Gasteiger partial charge on any atom is -0.489 e. The van der Waals surface area contributed by atoms with E-state index in [2.05, 4.69) is 11.9 Å². The number of halogens is 1. The van der Waals surface area contributed by atoms with Crippen molar-refractivity contribution in [3.8, 4) is 11.6 Å². The van der Waals surface area contributed by atoms with E-state index in [1.807, 2.05) is 6.92 Å². The van der Waals surface area contributed by atoms with Crippen molar-refractivity contribution in [2.45, 2.75) is 52.1 Å². The highest BCUT2D eigenvalue weighted by molar-refractivity contribution is 6.32. The number of carbonyl (C=O) groups is 2. The molecule has 2 rings (SSSR count). The molecule has 0 fully saturated rings. The molecule has 1 unspecified atom stereocenters. The number of ether oxygens (including phenoxy) is 2. The van der Waals surface area contributed by atoms with Gasteiger partial charge >= 0.3 is 11.9 Å². The zero-order chi connectivity index (χ0) is 20.5. The van der Waals surface area contributed by atoms with Gasteiger partial charge in [-0.15, -0.1) is 0 Å². The molecule has 0 amide bonds. The van der Waals surface area contributed by atoms with Crippen LogP contribution >= 0.6 is 11.6 Å². The molecule has 1 atom stereocenters. The third kappa shape index (κ3) is 6.53. The van der Waals surface area contributed by atoms with E-state index in [0.717, 1.165) is 19.0 Å². The summed E-state index contributed by atoms with van der Waals surface area (Å²) in [5.41, 5.74) is 0.255. The molecule has 1 aromatic heterocycles. The van der Waals surface area contributed by atoms with Crippen LogP contribution in [0.4, 0.5) is 0 Å². The third-order valence-electron chi connectivity index (χ3n) is 4.14. The Labute approximate surface area is 169 Å². The highest BCUT2D eigenvalue weighted by Crippen LogP contribution is 2.27. The molecular weight excluding hydrogens is 382 g/mol. The topological polar surface area (TPSA) is 85.7 Å². The summed E-state index contributed by atoms with van der Waals surface area (Å²) in [6.45, 7) is 4.17. The van der Waals surface area contributed by atoms with Crippen molar-refractivity contribution in [3.05, 3.63) is 52.7 Å². The van der Waals surface area contributed by atoms with Gasteiger partial charge in [-0.05, 0) is 44.0 Å². The van der Waals surface area contributed by atoms with E-state index in [1.54, 1.807) is 12.1 Å². The number of unbranched alkanes of at least 4 members (excludes halogenated alkanes) is 3. The number of carboxylic acids is 1. The van der Waals surface area contributed by atoms with Crippen LogP contribution in [0.25, 0.3) is 0 Å². The molecule has 0 aliphatic rings. The van der Waals surface area contributed by atoms with Gasteiger partial charge in [-0.3, -0.25) is 0 Å². The van der Waals surface area contributed by atoms with Crippen LogP contribution < -0.4 is 9.47 Å². The molecule has 1 heterocycles. The normalized spacial score (nSPS) is 11.7. The molecule has 0 spiro atoms. The van der Waals surface area contributed by atoms with Crippen LogP contribution in [0.15, 0.2) is 36.5 Å². The Morgan fingerprint density at radius 3 is 2.50 bits per heavy atom. The highest BCUT2D eigenvalue weighted by Gasteiger charge is 2.14. The fraction of sp³-hybridized carbons (Fsp3) is 0.381. The van der Waals surface area contributed by atoms with Crippen molar-refractivity contribution < 1.29 is 24.2 Å². The molecule has 0 saturated heterocycles. The lowest BCUT2D eigenvalue weighted by atomic mass is 10.1. The van der Waals surface area contributed by atoms with Crippen molar-refractivity contribution in [2.24, 2.45) is 0 Å². The molecule has 0 aliphatic heterocycles. The minimum atomic E-state index is -1.10. The second-order valence-electron chi connectivity index (χ2n) is 6.50. The van der Waals surface area contributed by atoms with E-state index in [1.165, 1.54) is 37.5 Å². The Morgan fingerprint density at radius 1 is 1.14 bits per heavy atom. The second kappa shape index (κ2) is 10.7. The van der Waals surface area contributed by atoms with Gasteiger partial charge < -0.3 is 14.6 Å². The van der Waals surface area contributed by atoms with Gasteiger partial charge in [0.2, 0.25) is 5.88 Å². The van der Waals surface area contributed by atoms with Crippen LogP contribution in [-0.4, -0.2) is 28.1 Å². The van der Waals surface area contributed by atoms with Crippen molar-refractivity contribution in [3.63, 3.8) is 0 Å². The molecule has 28 heavy (non-hydrogen) atoms. The number of rotatable bonds is 10. The summed E-state index contributed by atoms with van der Waals surface area (Å²) >= 11 is 6.25. The first kappa shape index (κ1) is 21.7. The van der Waals surface area contributed by atoms with Gasteiger partial charge in [-0.1, -0.05) is 37.8 Å². The minimum absolute atomic E-state index is 0.00662. The first-order chi connectivity index (χ1) is 13.4. The standard InChI is InChI=1S/C21H24ClNO5/c1-3-4-5-6-7-14(2)27-18-10-8-15(12-17(18)22)21(26)28-19-11-9-16(13-23-19)20(24)25/h8-14H,3-7H2,1-2H3,(H,24,25). The van der Waals surface area contributed by atoms with Gasteiger partial charge in [0, 0.05) is 12.3 Å². The Morgan fingerprint density at radius 2 is 1.89 bits per heavy atom. The summed E-state index contributed by atoms with van der Waals surface area (Å²) in [6.07, 6.45) is 6.80. The maximum Gasteiger partial charge on any atom is 0.344 e. The number of benzene rings is 1. The maximum atomic E-state index is 12.2. The zero-order valence-electron chi connectivity index (χ0n) is 16.0. The van der Waals surface area contributed by atoms with Gasteiger partial charge in [0.15, 0.2) is 0 Å². The van der Waals surface area contributed by atoms with Gasteiger partial charge in [-0.25, -0.2) is 14.6 Å². The summed E-state index contributed by atoms with van der Waals surface area (Å²) in [6, 6.07) is 7.32. The molecule has 1 N–H and O–H groups in total. The smallest absolute Gasteiger partial charge is 0.344 e. The average molecular weight is 406 g/mol. The average Bonchev–Trinajstić information content (AvgIpc) is 2.67. The molecule has 7 heteroatoms. The number of hydrogen-bond acceptors (Lipinski definition) is 5. The number of nitrogens with zero attached hydrogens (tertiary/aromatic N) is 1. The first-order valence-corrected chi connectivity index (χ1v) is 9.66. The van der Waals surface area contributed by atoms with E-state index < -0.39 is 11.9 Å². The number of carbonyl (C=O) groups excluding carboxylic acids is 1. The van der Waals surface area contributed by atoms with Crippen molar-refractivity contribution in [2.75, 3.05) is 0 Å². The van der Waals surface area contributed by atoms with Crippen LogP contribution in [0.1, 0.15) is 66.7 Å². The summed E-state index contributed by atoms with van der Waals surface area (Å²) in [5.74, 6) is -1.22. The van der Waals surface area contributed by atoms with E-state index >= 15 is 0 Å². The van der Waals surface area contributed by atoms with E-state index in [0.29, 0.717) is 10.8 Å². The van der Waals surface area contributed by atoms with Crippen molar-refractivity contribution >= 4 is 23.5 Å². The molecule has 6 nitrogen and oxygen atoms in total. The Kier molecular flexibility index (Phi) is 8.26. The number of esters is 1. The number of pyridine rings is 1. The van der Waals surface area contributed by atoms with Crippen LogP contribution in [0.3, 0.4) is 0 Å². The van der Waals surface area contributed by atoms with Crippen molar-refractivity contribution in [1.82, 2.24) is 4.98 Å². The van der Waals surface area contributed by atoms with Gasteiger partial charge in [0.25, 0.3) is 0 Å². The van der Waals surface area contributed by atoms with Crippen molar-refractivity contribution in [1.29, 1.82) is 0 Å². The van der Waals surface area contributed by atoms with E-state index in [9.17, 15) is 9.59 Å². The fourth-order valence-corrected chi connectivity index (χ4v) is 2.80. The lowest BCUT2D eigenvalue weighted by molar-refractivity contribution is 0.0696. The highest BCUT2D eigenvalue weighted by atomic mass is 35.5. The van der Waals surface area contributed by atoms with Crippen LogP contribution in [0, 0.1) is 0 Å². The number of aromatic nitrogens is 1. The number of aromatic carboxylic acids is 1. The summed E-state index contributed by atoms with van der Waals surface area (Å²) in [4.78, 5) is 26.9. The largest absolute Gasteiger partial charge is 0.489 e. The Bertz CT molecular complexity index is 807. The SMILES string of the molecule is CCCCCCC(C)Oc1ccc(C(=O)Oc2ccc(C(=O)O)cn2)cc1Cl. The predicted molar refractivity (Wildman–Crippen MR) is 106 cm³/mol. The van der Waals surface area contributed by atoms with Gasteiger partial charge in [0.05, 0.1) is 22.3 Å². The Hall–Kier alpha value is -2.60. The quantitative estimate of drug-likeness (QED) is 0.421. The monoisotopic (exact) mass is 405 g/mol. The van der Waals surface area contributed by atoms with Crippen LogP contribution in [0.2, 0.25) is 5.02 Å². The maximum absolute atomic E-state index is 12.2.